The van der Waals surface area contributed by atoms with Crippen molar-refractivity contribution in [3.63, 3.8) is 0 Å². The third-order valence-electron chi connectivity index (χ3n) is 4.27. The summed E-state index contributed by atoms with van der Waals surface area (Å²) in [4.78, 5) is 6.42. The molecule has 2 N–H and O–H groups in total. The Bertz CT molecular complexity index is 672. The number of aromatic nitrogens is 2. The summed E-state index contributed by atoms with van der Waals surface area (Å²) in [7, 11) is 7.81. The van der Waals surface area contributed by atoms with E-state index in [1.54, 1.807) is 13.3 Å². The van der Waals surface area contributed by atoms with Crippen molar-refractivity contribution in [3.05, 3.63) is 41.1 Å². The van der Waals surface area contributed by atoms with Crippen LogP contribution in [0, 0.1) is 13.8 Å². The van der Waals surface area contributed by atoms with Crippen molar-refractivity contribution in [1.29, 1.82) is 0 Å². The van der Waals surface area contributed by atoms with E-state index in [4.69, 9.17) is 4.42 Å². The second-order valence-corrected chi connectivity index (χ2v) is 6.07. The minimum absolute atomic E-state index is 0.139. The molecule has 2 aromatic heterocycles. The molecular formula is C17H28N6O. The molecule has 1 atom stereocenters. The van der Waals surface area contributed by atoms with Gasteiger partial charge in [-0.15, -0.1) is 0 Å². The first kappa shape index (κ1) is 18.1. The molecule has 0 aliphatic carbocycles. The summed E-state index contributed by atoms with van der Waals surface area (Å²) in [5.41, 5.74) is 3.41. The fourth-order valence-electron chi connectivity index (χ4n) is 2.68. The number of aryl methyl sites for hydroxylation is 2. The van der Waals surface area contributed by atoms with Gasteiger partial charge < -0.3 is 15.1 Å². The van der Waals surface area contributed by atoms with E-state index < -0.39 is 0 Å². The minimum Gasteiger partial charge on any atom is -0.468 e. The Kier molecular flexibility index (Phi) is 6.03. The normalized spacial score (nSPS) is 13.4. The summed E-state index contributed by atoms with van der Waals surface area (Å²) in [6.07, 6.45) is 1.70. The smallest absolute Gasteiger partial charge is 0.191 e. The van der Waals surface area contributed by atoms with Gasteiger partial charge in [-0.1, -0.05) is 0 Å². The fourth-order valence-corrected chi connectivity index (χ4v) is 2.68. The summed E-state index contributed by atoms with van der Waals surface area (Å²) >= 11 is 0. The lowest BCUT2D eigenvalue weighted by Crippen LogP contribution is -2.41. The van der Waals surface area contributed by atoms with Crippen LogP contribution in [0.15, 0.2) is 27.8 Å². The Morgan fingerprint density at radius 1 is 1.38 bits per heavy atom. The molecule has 24 heavy (non-hydrogen) atoms. The predicted octanol–water partition coefficient (Wildman–Crippen LogP) is 1.60. The van der Waals surface area contributed by atoms with Crippen molar-refractivity contribution < 1.29 is 4.42 Å². The van der Waals surface area contributed by atoms with Crippen molar-refractivity contribution >= 4 is 5.96 Å². The minimum atomic E-state index is 0.139. The van der Waals surface area contributed by atoms with Crippen LogP contribution in [0.5, 0.6) is 0 Å². The van der Waals surface area contributed by atoms with Gasteiger partial charge in [0.2, 0.25) is 0 Å². The number of nitrogens with zero attached hydrogens (tertiary/aromatic N) is 4. The van der Waals surface area contributed by atoms with Gasteiger partial charge in [-0.25, -0.2) is 0 Å². The number of guanidine groups is 1. The van der Waals surface area contributed by atoms with E-state index >= 15 is 0 Å². The Hall–Kier alpha value is -2.28. The summed E-state index contributed by atoms with van der Waals surface area (Å²) in [6, 6.07) is 4.04. The maximum absolute atomic E-state index is 5.53. The van der Waals surface area contributed by atoms with Gasteiger partial charge in [0.15, 0.2) is 5.96 Å². The molecule has 7 heteroatoms. The van der Waals surface area contributed by atoms with Crippen LogP contribution in [0.2, 0.25) is 0 Å². The van der Waals surface area contributed by atoms with Crippen LogP contribution in [-0.2, 0) is 13.6 Å². The Labute approximate surface area is 143 Å². The van der Waals surface area contributed by atoms with Crippen LogP contribution in [0.4, 0.5) is 0 Å². The molecule has 0 amide bonds. The third-order valence-corrected chi connectivity index (χ3v) is 4.27. The van der Waals surface area contributed by atoms with Gasteiger partial charge in [0.05, 0.1) is 18.0 Å². The molecule has 0 bridgehead atoms. The van der Waals surface area contributed by atoms with Gasteiger partial charge in [0, 0.05) is 38.4 Å². The van der Waals surface area contributed by atoms with Gasteiger partial charge in [0.25, 0.3) is 0 Å². The molecule has 0 spiro atoms. The predicted molar refractivity (Wildman–Crippen MR) is 96.0 cm³/mol. The molecule has 0 saturated carbocycles. The topological polar surface area (TPSA) is 70.6 Å². The monoisotopic (exact) mass is 332 g/mol. The molecule has 0 radical (unpaired) electrons. The van der Waals surface area contributed by atoms with E-state index in [9.17, 15) is 0 Å². The fraction of sp³-hybridized carbons (Fsp3) is 0.529. The third kappa shape index (κ3) is 4.17. The first-order valence-electron chi connectivity index (χ1n) is 8.07. The highest BCUT2D eigenvalue weighted by Gasteiger charge is 2.17. The maximum Gasteiger partial charge on any atom is 0.191 e. The first-order valence-corrected chi connectivity index (χ1v) is 8.07. The van der Waals surface area contributed by atoms with Crippen molar-refractivity contribution in [2.75, 3.05) is 27.7 Å². The van der Waals surface area contributed by atoms with E-state index in [2.05, 4.69) is 32.5 Å². The van der Waals surface area contributed by atoms with Gasteiger partial charge >= 0.3 is 0 Å². The number of furan rings is 1. The SMILES string of the molecule is CN=C(NCc1c(C)nn(C)c1C)NCC(c1ccco1)N(C)C. The van der Waals surface area contributed by atoms with Crippen molar-refractivity contribution in [1.82, 2.24) is 25.3 Å². The van der Waals surface area contributed by atoms with Crippen molar-refractivity contribution in [3.8, 4) is 0 Å². The van der Waals surface area contributed by atoms with Crippen LogP contribution >= 0.6 is 0 Å². The largest absolute Gasteiger partial charge is 0.468 e. The lowest BCUT2D eigenvalue weighted by Gasteiger charge is -2.23. The zero-order chi connectivity index (χ0) is 17.7. The lowest BCUT2D eigenvalue weighted by molar-refractivity contribution is 0.258. The Morgan fingerprint density at radius 3 is 2.62 bits per heavy atom. The van der Waals surface area contributed by atoms with E-state index in [1.807, 2.05) is 44.9 Å². The summed E-state index contributed by atoms with van der Waals surface area (Å²) in [6.45, 7) is 5.50. The van der Waals surface area contributed by atoms with Crippen LogP contribution in [0.3, 0.4) is 0 Å². The zero-order valence-corrected chi connectivity index (χ0v) is 15.4. The molecule has 2 aromatic rings. The molecule has 0 aliphatic heterocycles. The second kappa shape index (κ2) is 8.01. The lowest BCUT2D eigenvalue weighted by atomic mass is 10.2. The molecular weight excluding hydrogens is 304 g/mol. The maximum atomic E-state index is 5.53. The quantitative estimate of drug-likeness (QED) is 0.621. The number of hydrogen-bond acceptors (Lipinski definition) is 4. The van der Waals surface area contributed by atoms with Gasteiger partial charge in [-0.05, 0) is 40.1 Å². The molecule has 0 aromatic carbocycles. The molecule has 7 nitrogen and oxygen atoms in total. The van der Waals surface area contributed by atoms with Crippen molar-refractivity contribution in [2.45, 2.75) is 26.4 Å². The van der Waals surface area contributed by atoms with Crippen LogP contribution < -0.4 is 10.6 Å². The first-order chi connectivity index (χ1) is 11.4. The standard InChI is InChI=1S/C17H28N6O/c1-12-14(13(2)23(6)21-12)10-19-17(18-3)20-11-15(22(4)5)16-8-7-9-24-16/h7-9,15H,10-11H2,1-6H3,(H2,18,19,20). The highest BCUT2D eigenvalue weighted by atomic mass is 16.3. The number of aliphatic imine (C=N–C) groups is 1. The van der Waals surface area contributed by atoms with E-state index in [0.717, 1.165) is 23.1 Å². The average Bonchev–Trinajstić information content (AvgIpc) is 3.13. The van der Waals surface area contributed by atoms with Gasteiger partial charge in [-0.3, -0.25) is 14.6 Å². The molecule has 0 saturated heterocycles. The number of rotatable bonds is 6. The Morgan fingerprint density at radius 2 is 2.12 bits per heavy atom. The van der Waals surface area contributed by atoms with E-state index in [1.165, 1.54) is 5.56 Å². The molecule has 1 unspecified atom stereocenters. The molecule has 0 aliphatic rings. The number of likely N-dealkylation sites (N-methyl/N-ethyl adjacent to an activating group) is 1. The highest BCUT2D eigenvalue weighted by Crippen LogP contribution is 2.17. The molecule has 132 valence electrons. The van der Waals surface area contributed by atoms with Gasteiger partial charge in [-0.2, -0.15) is 5.10 Å². The number of hydrogen-bond donors (Lipinski definition) is 2. The molecule has 2 heterocycles. The molecule has 2 rings (SSSR count). The summed E-state index contributed by atoms with van der Waals surface area (Å²) in [5.74, 6) is 1.69. The summed E-state index contributed by atoms with van der Waals surface area (Å²) in [5, 5.41) is 11.2. The van der Waals surface area contributed by atoms with E-state index in [0.29, 0.717) is 13.1 Å². The number of nitrogens with one attached hydrogen (secondary N) is 2. The van der Waals surface area contributed by atoms with Crippen LogP contribution in [-0.4, -0.2) is 48.3 Å². The van der Waals surface area contributed by atoms with E-state index in [-0.39, 0.29) is 6.04 Å². The zero-order valence-electron chi connectivity index (χ0n) is 15.4. The Balaban J connectivity index is 1.95. The van der Waals surface area contributed by atoms with Crippen LogP contribution in [0.25, 0.3) is 0 Å². The average molecular weight is 332 g/mol. The highest BCUT2D eigenvalue weighted by molar-refractivity contribution is 5.79. The summed E-state index contributed by atoms with van der Waals surface area (Å²) < 4.78 is 7.44. The van der Waals surface area contributed by atoms with Crippen molar-refractivity contribution in [2.24, 2.45) is 12.0 Å². The van der Waals surface area contributed by atoms with Gasteiger partial charge in [0.1, 0.15) is 5.76 Å². The second-order valence-electron chi connectivity index (χ2n) is 6.07. The molecule has 0 fully saturated rings. The van der Waals surface area contributed by atoms with Crippen LogP contribution in [0.1, 0.15) is 28.8 Å².